The van der Waals surface area contributed by atoms with Crippen LogP contribution in [0.25, 0.3) is 0 Å². The maximum absolute atomic E-state index is 9.84. The number of nitrogens with one attached hydrogen (secondary N) is 1. The lowest BCUT2D eigenvalue weighted by Crippen LogP contribution is -2.60. The molecule has 0 aromatic heterocycles. The van der Waals surface area contributed by atoms with Crippen molar-refractivity contribution in [2.24, 2.45) is 17.8 Å². The molecule has 4 aliphatic rings. The van der Waals surface area contributed by atoms with Crippen molar-refractivity contribution in [2.75, 3.05) is 6.54 Å². The van der Waals surface area contributed by atoms with E-state index in [9.17, 15) is 10.2 Å². The summed E-state index contributed by atoms with van der Waals surface area (Å²) >= 11 is 0. The Morgan fingerprint density at radius 3 is 2.06 bits per heavy atom. The van der Waals surface area contributed by atoms with Gasteiger partial charge in [-0.05, 0) is 56.3 Å². The molecule has 4 aliphatic carbocycles. The fourth-order valence-corrected chi connectivity index (χ4v) is 4.93. The molecule has 0 unspecified atom stereocenters. The Kier molecular flexibility index (Phi) is 3.25. The van der Waals surface area contributed by atoms with Crippen LogP contribution in [-0.4, -0.2) is 34.5 Å². The standard InChI is InChI=1S/C15H25NO2/c1-2-13(17)14(18)9-16-15-6-10-3-11(7-15)5-12(4-10)8-15/h2,10-14,16-18H,1,3-9H2/t10?,11?,12?,13-,14-,15?/m1/s1. The normalized spacial score (nSPS) is 44.9. The molecule has 0 aliphatic heterocycles. The predicted molar refractivity (Wildman–Crippen MR) is 71.1 cm³/mol. The molecule has 4 bridgehead atoms. The summed E-state index contributed by atoms with van der Waals surface area (Å²) in [5.74, 6) is 2.72. The van der Waals surface area contributed by atoms with E-state index in [0.29, 0.717) is 6.54 Å². The average Bonchev–Trinajstić information content (AvgIpc) is 2.33. The Hall–Kier alpha value is -0.380. The molecule has 4 rings (SSSR count). The minimum Gasteiger partial charge on any atom is -0.389 e. The summed E-state index contributed by atoms with van der Waals surface area (Å²) in [6.07, 6.45) is 7.98. The van der Waals surface area contributed by atoms with Gasteiger partial charge in [0, 0.05) is 12.1 Å². The molecular formula is C15H25NO2. The molecule has 4 saturated carbocycles. The number of hydrogen-bond acceptors (Lipinski definition) is 3. The average molecular weight is 251 g/mol. The van der Waals surface area contributed by atoms with Crippen LogP contribution in [-0.2, 0) is 0 Å². The van der Waals surface area contributed by atoms with Crippen LogP contribution in [0.15, 0.2) is 12.7 Å². The highest BCUT2D eigenvalue weighted by Crippen LogP contribution is 2.55. The van der Waals surface area contributed by atoms with Crippen molar-refractivity contribution in [1.82, 2.24) is 5.32 Å². The van der Waals surface area contributed by atoms with E-state index in [2.05, 4.69) is 11.9 Å². The summed E-state index contributed by atoms with van der Waals surface area (Å²) in [6, 6.07) is 0. The van der Waals surface area contributed by atoms with E-state index in [1.54, 1.807) is 0 Å². The van der Waals surface area contributed by atoms with Crippen molar-refractivity contribution in [3.63, 3.8) is 0 Å². The van der Waals surface area contributed by atoms with Gasteiger partial charge < -0.3 is 15.5 Å². The first-order valence-electron chi connectivity index (χ1n) is 7.34. The molecule has 0 spiro atoms. The van der Waals surface area contributed by atoms with E-state index in [1.165, 1.54) is 44.6 Å². The van der Waals surface area contributed by atoms with Crippen LogP contribution in [0.5, 0.6) is 0 Å². The third-order valence-corrected chi connectivity index (χ3v) is 5.36. The van der Waals surface area contributed by atoms with Gasteiger partial charge in [-0.1, -0.05) is 6.08 Å². The Labute approximate surface area is 109 Å². The van der Waals surface area contributed by atoms with Gasteiger partial charge in [0.05, 0.1) is 12.2 Å². The smallest absolute Gasteiger partial charge is 0.0989 e. The first-order valence-corrected chi connectivity index (χ1v) is 7.34. The molecule has 3 heteroatoms. The Morgan fingerprint density at radius 1 is 1.11 bits per heavy atom. The molecule has 0 aromatic rings. The molecule has 0 heterocycles. The topological polar surface area (TPSA) is 52.5 Å². The summed E-state index contributed by atoms with van der Waals surface area (Å²) < 4.78 is 0. The molecule has 18 heavy (non-hydrogen) atoms. The number of hydrogen-bond donors (Lipinski definition) is 3. The first kappa shape index (κ1) is 12.6. The van der Waals surface area contributed by atoms with Crippen LogP contribution in [0.4, 0.5) is 0 Å². The fourth-order valence-electron chi connectivity index (χ4n) is 4.93. The van der Waals surface area contributed by atoms with Crippen molar-refractivity contribution in [1.29, 1.82) is 0 Å². The van der Waals surface area contributed by atoms with Gasteiger partial charge in [-0.2, -0.15) is 0 Å². The Morgan fingerprint density at radius 2 is 1.61 bits per heavy atom. The van der Waals surface area contributed by atoms with Crippen LogP contribution in [0, 0.1) is 17.8 Å². The zero-order valence-electron chi connectivity index (χ0n) is 11.0. The number of rotatable bonds is 5. The van der Waals surface area contributed by atoms with E-state index in [-0.39, 0.29) is 5.54 Å². The Balaban J connectivity index is 1.60. The van der Waals surface area contributed by atoms with E-state index in [0.717, 1.165) is 17.8 Å². The van der Waals surface area contributed by atoms with E-state index in [4.69, 9.17) is 0 Å². The van der Waals surface area contributed by atoms with E-state index < -0.39 is 12.2 Å². The quantitative estimate of drug-likeness (QED) is 0.648. The first-order chi connectivity index (χ1) is 8.60. The Bertz CT molecular complexity index is 293. The van der Waals surface area contributed by atoms with Crippen LogP contribution in [0.3, 0.4) is 0 Å². The summed E-state index contributed by atoms with van der Waals surface area (Å²) in [6.45, 7) is 4.00. The molecule has 3 nitrogen and oxygen atoms in total. The highest BCUT2D eigenvalue weighted by atomic mass is 16.3. The molecule has 102 valence electrons. The molecule has 0 aromatic carbocycles. The van der Waals surface area contributed by atoms with Gasteiger partial charge in [0.15, 0.2) is 0 Å². The van der Waals surface area contributed by atoms with Gasteiger partial charge >= 0.3 is 0 Å². The molecule has 0 radical (unpaired) electrons. The zero-order chi connectivity index (χ0) is 12.8. The highest BCUT2D eigenvalue weighted by molar-refractivity contribution is 5.06. The summed E-state index contributed by atoms with van der Waals surface area (Å²) in [4.78, 5) is 0. The van der Waals surface area contributed by atoms with Crippen molar-refractivity contribution >= 4 is 0 Å². The second-order valence-corrected chi connectivity index (χ2v) is 6.87. The third-order valence-electron chi connectivity index (χ3n) is 5.36. The molecule has 4 fully saturated rings. The van der Waals surface area contributed by atoms with Gasteiger partial charge in [-0.25, -0.2) is 0 Å². The van der Waals surface area contributed by atoms with Crippen LogP contribution in [0.2, 0.25) is 0 Å². The maximum atomic E-state index is 9.84. The number of aliphatic hydroxyl groups excluding tert-OH is 2. The van der Waals surface area contributed by atoms with E-state index in [1.807, 2.05) is 0 Å². The third kappa shape index (κ3) is 2.24. The van der Waals surface area contributed by atoms with Gasteiger partial charge in [0.2, 0.25) is 0 Å². The minimum atomic E-state index is -0.814. The van der Waals surface area contributed by atoms with Crippen LogP contribution < -0.4 is 5.32 Å². The van der Waals surface area contributed by atoms with E-state index >= 15 is 0 Å². The maximum Gasteiger partial charge on any atom is 0.0989 e. The molecule has 0 amide bonds. The zero-order valence-corrected chi connectivity index (χ0v) is 11.0. The molecular weight excluding hydrogens is 226 g/mol. The van der Waals surface area contributed by atoms with Crippen molar-refractivity contribution in [3.8, 4) is 0 Å². The summed E-state index contributed by atoms with van der Waals surface area (Å²) in [5, 5.41) is 23.0. The highest BCUT2D eigenvalue weighted by Gasteiger charge is 2.50. The monoisotopic (exact) mass is 251 g/mol. The second kappa shape index (κ2) is 4.62. The van der Waals surface area contributed by atoms with Crippen molar-refractivity contribution in [2.45, 2.75) is 56.3 Å². The fraction of sp³-hybridized carbons (Fsp3) is 0.867. The second-order valence-electron chi connectivity index (χ2n) is 6.87. The molecule has 3 N–H and O–H groups in total. The van der Waals surface area contributed by atoms with Crippen molar-refractivity contribution < 1.29 is 10.2 Å². The lowest BCUT2D eigenvalue weighted by atomic mass is 9.53. The molecule has 0 saturated heterocycles. The van der Waals surface area contributed by atoms with Gasteiger partial charge in [-0.3, -0.25) is 0 Å². The lowest BCUT2D eigenvalue weighted by Gasteiger charge is -2.57. The lowest BCUT2D eigenvalue weighted by molar-refractivity contribution is -0.0312. The predicted octanol–water partition coefficient (Wildman–Crippen LogP) is 1.45. The minimum absolute atomic E-state index is 0.261. The SMILES string of the molecule is C=C[C@@H](O)[C@H](O)CNC12CC3CC(CC(C3)C1)C2. The van der Waals surface area contributed by atoms with Gasteiger partial charge in [0.1, 0.15) is 0 Å². The van der Waals surface area contributed by atoms with Gasteiger partial charge in [0.25, 0.3) is 0 Å². The van der Waals surface area contributed by atoms with Crippen LogP contribution in [0.1, 0.15) is 38.5 Å². The number of β-amino-alcohol motifs (C(OH)–C–C–N with tert-alkyl or cyclic N) is 1. The number of aliphatic hydroxyl groups is 2. The molecule has 2 atom stereocenters. The van der Waals surface area contributed by atoms with Crippen LogP contribution >= 0.6 is 0 Å². The largest absolute Gasteiger partial charge is 0.389 e. The van der Waals surface area contributed by atoms with Crippen molar-refractivity contribution in [3.05, 3.63) is 12.7 Å². The summed E-state index contributed by atoms with van der Waals surface area (Å²) in [5.41, 5.74) is 0.261. The summed E-state index contributed by atoms with van der Waals surface area (Å²) in [7, 11) is 0. The van der Waals surface area contributed by atoms with Gasteiger partial charge in [-0.15, -0.1) is 6.58 Å².